The molecule has 0 aliphatic rings. The first-order valence-electron chi connectivity index (χ1n) is 8.08. The number of carboxylic acids is 1. The summed E-state index contributed by atoms with van der Waals surface area (Å²) in [7, 11) is -9.75. The number of phenols is 1. The Morgan fingerprint density at radius 3 is 2.03 bits per heavy atom. The Hall–Kier alpha value is -3.59. The number of aromatic hydroxyl groups is 1. The number of rotatable bonds is 5. The molecule has 0 saturated heterocycles. The molecular weight excluding hydrogens is 454 g/mol. The maximum Gasteiger partial charge on any atom is 0.335 e. The third kappa shape index (κ3) is 4.46. The molecule has 0 amide bonds. The second-order valence-corrected chi connectivity index (χ2v) is 8.99. The Morgan fingerprint density at radius 1 is 0.903 bits per heavy atom. The zero-order chi connectivity index (χ0) is 23.1. The molecule has 31 heavy (non-hydrogen) atoms. The molecule has 0 bridgehead atoms. The average molecular weight is 467 g/mol. The molecule has 0 aliphatic heterocycles. The standard InChI is InChI=1S/C17H13N3O9S2/c18-12-6-10(30(24,25)26)5-11-15(12)13(21)7-14(31(27,28)29)16(11)20-19-9-3-1-8(2-4-9)17(22)23/h1-7,21H,18H2,(H,22,23)(H,24,25,26)(H,27,28,29). The highest BCUT2D eigenvalue weighted by atomic mass is 32.2. The van der Waals surface area contributed by atoms with Gasteiger partial charge in [-0.1, -0.05) is 0 Å². The summed E-state index contributed by atoms with van der Waals surface area (Å²) in [5, 5.41) is 26.1. The van der Waals surface area contributed by atoms with E-state index in [1.165, 1.54) is 24.3 Å². The van der Waals surface area contributed by atoms with E-state index in [0.717, 1.165) is 12.1 Å². The Balaban J connectivity index is 2.34. The SMILES string of the molecule is Nc1cc(S(=O)(=O)O)cc2c(N=Nc3ccc(C(=O)O)cc3)c(S(=O)(=O)O)cc(O)c12. The number of fused-ring (bicyclic) bond motifs is 1. The summed E-state index contributed by atoms with van der Waals surface area (Å²) in [5.74, 6) is -1.89. The van der Waals surface area contributed by atoms with Crippen molar-refractivity contribution >= 4 is 54.0 Å². The number of anilines is 1. The number of hydrogen-bond donors (Lipinski definition) is 5. The van der Waals surface area contributed by atoms with Crippen molar-refractivity contribution in [2.75, 3.05) is 5.73 Å². The summed E-state index contributed by atoms with van der Waals surface area (Å²) in [5.41, 5.74) is 4.90. The van der Waals surface area contributed by atoms with Crippen LogP contribution in [0, 0.1) is 0 Å². The van der Waals surface area contributed by atoms with Gasteiger partial charge in [-0.25, -0.2) is 4.79 Å². The minimum absolute atomic E-state index is 0.0433. The van der Waals surface area contributed by atoms with Crippen LogP contribution in [0.2, 0.25) is 0 Å². The molecule has 14 heteroatoms. The fourth-order valence-electron chi connectivity index (χ4n) is 2.73. The Morgan fingerprint density at radius 2 is 1.52 bits per heavy atom. The summed E-state index contributed by atoms with van der Waals surface area (Å²) in [4.78, 5) is 9.29. The van der Waals surface area contributed by atoms with Gasteiger partial charge in [-0.3, -0.25) is 9.11 Å². The van der Waals surface area contributed by atoms with Crippen LogP contribution in [0.1, 0.15) is 10.4 Å². The van der Waals surface area contributed by atoms with Crippen LogP contribution < -0.4 is 5.73 Å². The van der Waals surface area contributed by atoms with Gasteiger partial charge in [0.2, 0.25) is 0 Å². The van der Waals surface area contributed by atoms with Gasteiger partial charge < -0.3 is 15.9 Å². The molecule has 3 aromatic rings. The summed E-state index contributed by atoms with van der Waals surface area (Å²) in [6.45, 7) is 0. The predicted octanol–water partition coefficient (Wildman–Crippen LogP) is 2.73. The molecule has 0 atom stereocenters. The largest absolute Gasteiger partial charge is 0.507 e. The smallest absolute Gasteiger partial charge is 0.335 e. The van der Waals surface area contributed by atoms with E-state index in [-0.39, 0.29) is 27.7 Å². The molecule has 0 aliphatic carbocycles. The van der Waals surface area contributed by atoms with E-state index in [4.69, 9.17) is 10.8 Å². The van der Waals surface area contributed by atoms with E-state index in [1.54, 1.807) is 0 Å². The Bertz CT molecular complexity index is 1450. The topological polar surface area (TPSA) is 217 Å². The first-order chi connectivity index (χ1) is 14.3. The van der Waals surface area contributed by atoms with Crippen molar-refractivity contribution < 1.29 is 40.9 Å². The van der Waals surface area contributed by atoms with Gasteiger partial charge in [-0.15, -0.1) is 5.11 Å². The van der Waals surface area contributed by atoms with Crippen LogP contribution in [0.15, 0.2) is 62.5 Å². The number of azo groups is 1. The number of carboxylic acid groups (broad SMARTS) is 1. The maximum absolute atomic E-state index is 11.8. The molecule has 0 spiro atoms. The van der Waals surface area contributed by atoms with Gasteiger partial charge in [0.15, 0.2) is 0 Å². The maximum atomic E-state index is 11.8. The van der Waals surface area contributed by atoms with Gasteiger partial charge in [0.25, 0.3) is 20.2 Å². The summed E-state index contributed by atoms with van der Waals surface area (Å²) in [6, 6.07) is 7.26. The zero-order valence-electron chi connectivity index (χ0n) is 15.2. The van der Waals surface area contributed by atoms with Crippen molar-refractivity contribution in [3.8, 4) is 5.75 Å². The quantitative estimate of drug-likeness (QED) is 0.210. The number of benzene rings is 3. The highest BCUT2D eigenvalue weighted by Crippen LogP contribution is 2.43. The van der Waals surface area contributed by atoms with Crippen LogP contribution in [0.5, 0.6) is 5.75 Å². The highest BCUT2D eigenvalue weighted by Gasteiger charge is 2.24. The fourth-order valence-corrected chi connectivity index (χ4v) is 3.93. The average Bonchev–Trinajstić information content (AvgIpc) is 2.65. The van der Waals surface area contributed by atoms with Crippen molar-refractivity contribution in [2.24, 2.45) is 10.2 Å². The van der Waals surface area contributed by atoms with Crippen LogP contribution in [0.25, 0.3) is 10.8 Å². The fraction of sp³-hybridized carbons (Fsp3) is 0. The van der Waals surface area contributed by atoms with Gasteiger partial charge in [-0.05, 0) is 36.4 Å². The lowest BCUT2D eigenvalue weighted by Gasteiger charge is -2.12. The minimum atomic E-state index is -4.98. The summed E-state index contributed by atoms with van der Waals surface area (Å²) >= 11 is 0. The molecule has 0 aromatic heterocycles. The number of hydrogen-bond acceptors (Lipinski definition) is 9. The first-order valence-corrected chi connectivity index (χ1v) is 11.0. The monoisotopic (exact) mass is 467 g/mol. The van der Waals surface area contributed by atoms with Gasteiger partial charge in [0, 0.05) is 22.5 Å². The molecular formula is C17H13N3O9S2. The predicted molar refractivity (Wildman–Crippen MR) is 107 cm³/mol. The Labute approximate surface area is 174 Å². The van der Waals surface area contributed by atoms with Gasteiger partial charge in [0.05, 0.1) is 16.1 Å². The molecule has 0 saturated carbocycles. The third-order valence-electron chi connectivity index (χ3n) is 4.11. The van der Waals surface area contributed by atoms with Crippen LogP contribution in [-0.4, -0.2) is 42.1 Å². The molecule has 3 aromatic carbocycles. The van der Waals surface area contributed by atoms with Gasteiger partial charge in [0.1, 0.15) is 16.3 Å². The lowest BCUT2D eigenvalue weighted by molar-refractivity contribution is 0.0697. The first kappa shape index (κ1) is 22.1. The summed E-state index contributed by atoms with van der Waals surface area (Å²) in [6.07, 6.45) is 0. The molecule has 0 unspecified atom stereocenters. The molecule has 3 rings (SSSR count). The van der Waals surface area contributed by atoms with Crippen molar-refractivity contribution in [1.29, 1.82) is 0 Å². The third-order valence-corrected chi connectivity index (χ3v) is 5.81. The van der Waals surface area contributed by atoms with E-state index in [0.29, 0.717) is 6.07 Å². The van der Waals surface area contributed by atoms with Gasteiger partial charge >= 0.3 is 5.97 Å². The number of nitrogens with two attached hydrogens (primary N) is 1. The molecule has 0 heterocycles. The number of phenolic OH excluding ortho intramolecular Hbond substituents is 1. The second-order valence-electron chi connectivity index (χ2n) is 6.18. The second kappa shape index (κ2) is 7.59. The number of nitrogens with zero attached hydrogens (tertiary/aromatic N) is 2. The van der Waals surface area contributed by atoms with Crippen molar-refractivity contribution in [3.05, 3.63) is 48.0 Å². The van der Waals surface area contributed by atoms with Crippen LogP contribution in [-0.2, 0) is 20.2 Å². The molecule has 162 valence electrons. The van der Waals surface area contributed by atoms with Crippen LogP contribution >= 0.6 is 0 Å². The number of nitrogen functional groups attached to an aromatic ring is 1. The van der Waals surface area contributed by atoms with E-state index in [9.17, 15) is 35.8 Å². The number of carbonyl (C=O) groups is 1. The van der Waals surface area contributed by atoms with Gasteiger partial charge in [-0.2, -0.15) is 21.9 Å². The molecule has 12 nitrogen and oxygen atoms in total. The lowest BCUT2D eigenvalue weighted by Crippen LogP contribution is -2.03. The number of aromatic carboxylic acids is 1. The Kier molecular flexibility index (Phi) is 5.41. The van der Waals surface area contributed by atoms with Crippen LogP contribution in [0.3, 0.4) is 0 Å². The highest BCUT2D eigenvalue weighted by molar-refractivity contribution is 7.86. The van der Waals surface area contributed by atoms with Crippen molar-refractivity contribution in [1.82, 2.24) is 0 Å². The normalized spacial score (nSPS) is 12.5. The zero-order valence-corrected chi connectivity index (χ0v) is 16.8. The van der Waals surface area contributed by atoms with Crippen molar-refractivity contribution in [2.45, 2.75) is 9.79 Å². The van der Waals surface area contributed by atoms with E-state index < -0.39 is 47.4 Å². The van der Waals surface area contributed by atoms with E-state index in [2.05, 4.69) is 10.2 Å². The lowest BCUT2D eigenvalue weighted by atomic mass is 10.1. The molecule has 0 fully saturated rings. The molecule has 0 radical (unpaired) electrons. The molecule has 6 N–H and O–H groups in total. The van der Waals surface area contributed by atoms with E-state index in [1.807, 2.05) is 0 Å². The summed E-state index contributed by atoms with van der Waals surface area (Å²) < 4.78 is 65.6. The van der Waals surface area contributed by atoms with Crippen molar-refractivity contribution in [3.63, 3.8) is 0 Å². The minimum Gasteiger partial charge on any atom is -0.507 e. The van der Waals surface area contributed by atoms with E-state index >= 15 is 0 Å². The van der Waals surface area contributed by atoms with Crippen LogP contribution in [0.4, 0.5) is 17.1 Å².